The minimum atomic E-state index is -4.79. The molecule has 3 heterocycles. The summed E-state index contributed by atoms with van der Waals surface area (Å²) in [5.74, 6) is 0.512. The molecular weight excluding hydrogens is 1210 g/mol. The first kappa shape index (κ1) is 73.1. The zero-order valence-electron chi connectivity index (χ0n) is 55.8. The first-order chi connectivity index (χ1) is 43.2. The van der Waals surface area contributed by atoms with Gasteiger partial charge in [-0.15, -0.1) is 0 Å². The van der Waals surface area contributed by atoms with Crippen molar-refractivity contribution in [3.05, 3.63) is 139 Å². The number of phenolic OH excluding ortho intramolecular Hbond substituents is 1. The van der Waals surface area contributed by atoms with E-state index in [9.17, 15) is 40.9 Å². The van der Waals surface area contributed by atoms with E-state index >= 15 is 0 Å². The molecule has 6 atom stereocenters. The van der Waals surface area contributed by atoms with Gasteiger partial charge in [-0.3, -0.25) is 19.2 Å². The van der Waals surface area contributed by atoms with E-state index in [1.54, 1.807) is 12.1 Å². The number of aromatic hydroxyl groups is 1. The van der Waals surface area contributed by atoms with Gasteiger partial charge in [0.05, 0.1) is 39.2 Å². The number of carbonyl (C=O) groups excluding carboxylic acids is 4. The highest BCUT2D eigenvalue weighted by Crippen LogP contribution is 2.59. The Hall–Kier alpha value is -6.34. The number of alkyl halides is 2. The maximum atomic E-state index is 12.3. The summed E-state index contributed by atoms with van der Waals surface area (Å²) >= 11 is 0. The second-order valence-electron chi connectivity index (χ2n) is 27.5. The molecule has 12 rings (SSSR count). The van der Waals surface area contributed by atoms with Crippen LogP contribution in [-0.2, 0) is 54.4 Å². The first-order valence-corrected chi connectivity index (χ1v) is 35.4. The number of fused-ring (bicyclic) bond motifs is 1. The molecule has 6 unspecified atom stereocenters. The maximum absolute atomic E-state index is 12.3. The number of ether oxygens (including phenoxy) is 6. The van der Waals surface area contributed by atoms with Crippen LogP contribution in [0.15, 0.2) is 148 Å². The van der Waals surface area contributed by atoms with E-state index in [1.165, 1.54) is 70.9 Å². The molecule has 5 aromatic rings. The number of benzene rings is 5. The number of esters is 4. The molecule has 7 aliphatic rings. The molecule has 92 heavy (non-hydrogen) atoms. The van der Waals surface area contributed by atoms with E-state index in [4.69, 9.17) is 33.5 Å². The standard InChI is InChI=1S/C24H25O2S.C21H30O.C13H18O5.C12H16O3.C4H8F2O3S/c1-4-24(2,3)23(25)26-19-15-17-22(18-16-19)27(20-11-7-5-8-12-20)21-13-9-6-10-14-21;1-4-14(2)17-5-7-20(8-6-17)22-21(3)18-10-15-9-16(12-18)13-19(21)11-15;1-4-13(2,3)12(15)18-9-7-5-6-8(16-7)10(9)17-11(6)14;1-4-12(2,3)11(14)15-10-7-5-9(13)6-8-10;1-2-4(5,6)3-10(7,8)9/h5-18H,4H2,1-3H3;5-8,14-16,18-19H,4,9-13H2,1-3H3;6-10H,4-5H2,1-3H3;5-8,13H,4H2,1-3H3;2-3H2,1H3,(H,7,8,9)/q+1;;;;/p-1. The summed E-state index contributed by atoms with van der Waals surface area (Å²) in [7, 11) is -4.99. The summed E-state index contributed by atoms with van der Waals surface area (Å²) in [6.45, 7) is 25.2. The Balaban J connectivity index is 0.000000169. The van der Waals surface area contributed by atoms with Crippen molar-refractivity contribution < 1.29 is 74.5 Å². The van der Waals surface area contributed by atoms with Gasteiger partial charge >= 0.3 is 23.9 Å². The van der Waals surface area contributed by atoms with Gasteiger partial charge in [0.25, 0.3) is 5.92 Å². The Morgan fingerprint density at radius 2 is 1.05 bits per heavy atom. The number of carbonyl (C=O) groups is 4. The number of halogens is 2. The molecule has 14 nitrogen and oxygen atoms in total. The van der Waals surface area contributed by atoms with Crippen LogP contribution in [0, 0.1) is 45.8 Å². The minimum absolute atomic E-state index is 0.0886. The van der Waals surface area contributed by atoms with E-state index in [1.807, 2.05) is 86.6 Å². The van der Waals surface area contributed by atoms with Crippen LogP contribution in [0.5, 0.6) is 23.0 Å². The molecule has 4 saturated carbocycles. The lowest BCUT2D eigenvalue weighted by Crippen LogP contribution is -2.59. The van der Waals surface area contributed by atoms with Gasteiger partial charge in [-0.25, -0.2) is 17.2 Å². The fourth-order valence-corrected chi connectivity index (χ4v) is 15.1. The number of hydrogen-bond donors (Lipinski definition) is 1. The van der Waals surface area contributed by atoms with Crippen LogP contribution in [0.1, 0.15) is 172 Å². The van der Waals surface area contributed by atoms with Crippen LogP contribution in [0.3, 0.4) is 0 Å². The third-order valence-electron chi connectivity index (χ3n) is 19.7. The molecule has 6 bridgehead atoms. The SMILES string of the molecule is CCC(C)(C)C(=O)OC1C2CC3C(=O)OC1C3O2.CCC(C)(C)C(=O)Oc1ccc(O)cc1.CCC(C)(C)C(=O)Oc1ccc([S+](c2ccccc2)c2ccccc2)cc1.CCC(C)c1ccc(OC2(C)C3CC4CC(C3)CC2C4)cc1.CCC(F)(F)CS(=O)(=O)[O-]. The van der Waals surface area contributed by atoms with Gasteiger partial charge in [0.2, 0.25) is 0 Å². The third kappa shape index (κ3) is 18.7. The molecule has 3 aliphatic heterocycles. The predicted octanol–water partition coefficient (Wildman–Crippen LogP) is 16.3. The lowest BCUT2D eigenvalue weighted by Gasteiger charge is -2.59. The molecule has 1 N–H and O–H groups in total. The first-order valence-electron chi connectivity index (χ1n) is 32.6. The molecule has 0 aromatic heterocycles. The molecule has 0 radical (unpaired) electrons. The minimum Gasteiger partial charge on any atom is -0.748 e. The average molecular weight is 1310 g/mol. The smallest absolute Gasteiger partial charge is 0.316 e. The van der Waals surface area contributed by atoms with Crippen molar-refractivity contribution in [2.75, 3.05) is 5.75 Å². The monoisotopic (exact) mass is 1310 g/mol. The number of phenols is 1. The van der Waals surface area contributed by atoms with Gasteiger partial charge in [0.1, 0.15) is 50.6 Å². The predicted molar refractivity (Wildman–Crippen MR) is 351 cm³/mol. The fraction of sp³-hybridized carbons (Fsp3) is 0.541. The summed E-state index contributed by atoms with van der Waals surface area (Å²) < 4.78 is 87.3. The van der Waals surface area contributed by atoms with E-state index in [-0.39, 0.29) is 64.2 Å². The summed E-state index contributed by atoms with van der Waals surface area (Å²) in [5, 5.41) is 9.06. The van der Waals surface area contributed by atoms with E-state index in [0.717, 1.165) is 49.2 Å². The van der Waals surface area contributed by atoms with Gasteiger partial charge in [0, 0.05) is 6.42 Å². The maximum Gasteiger partial charge on any atom is 0.316 e. The highest BCUT2D eigenvalue weighted by molar-refractivity contribution is 7.97. The van der Waals surface area contributed by atoms with E-state index in [0.29, 0.717) is 30.3 Å². The second-order valence-corrected chi connectivity index (χ2v) is 31.0. The zero-order chi connectivity index (χ0) is 67.6. The molecule has 0 amide bonds. The average Bonchev–Trinajstić information content (AvgIpc) is 1.32. The number of hydrogen-bond acceptors (Lipinski definition) is 14. The quantitative estimate of drug-likeness (QED) is 0.0354. The molecular formula is C74H96F2O14S2. The summed E-state index contributed by atoms with van der Waals surface area (Å²) in [5.41, 5.74) is 0.0643. The molecule has 502 valence electrons. The Labute approximate surface area is 547 Å². The normalized spacial score (nSPS) is 24.4. The fourth-order valence-electron chi connectivity index (χ4n) is 12.3. The van der Waals surface area contributed by atoms with Gasteiger partial charge in [-0.1, -0.05) is 90.1 Å². The molecule has 0 spiro atoms. The Morgan fingerprint density at radius 3 is 1.48 bits per heavy atom. The van der Waals surface area contributed by atoms with E-state index in [2.05, 4.69) is 106 Å². The van der Waals surface area contributed by atoms with Gasteiger partial charge in [0.15, 0.2) is 26.9 Å². The van der Waals surface area contributed by atoms with Crippen LogP contribution in [0.2, 0.25) is 0 Å². The van der Waals surface area contributed by atoms with Gasteiger partial charge < -0.3 is 38.1 Å². The molecule has 7 fully saturated rings. The van der Waals surface area contributed by atoms with Gasteiger partial charge in [-0.05, 0) is 233 Å². The molecule has 4 aliphatic carbocycles. The lowest BCUT2D eigenvalue weighted by atomic mass is 9.50. The third-order valence-corrected chi connectivity index (χ3v) is 22.7. The summed E-state index contributed by atoms with van der Waals surface area (Å²) in [6, 6.07) is 44.0. The van der Waals surface area contributed by atoms with Crippen molar-refractivity contribution >= 4 is 44.9 Å². The van der Waals surface area contributed by atoms with Crippen LogP contribution >= 0.6 is 0 Å². The van der Waals surface area contributed by atoms with Crippen molar-refractivity contribution in [1.82, 2.24) is 0 Å². The number of rotatable bonds is 19. The van der Waals surface area contributed by atoms with Crippen LogP contribution in [0.25, 0.3) is 0 Å². The largest absolute Gasteiger partial charge is 0.748 e. The molecule has 3 saturated heterocycles. The van der Waals surface area contributed by atoms with Crippen molar-refractivity contribution in [1.29, 1.82) is 0 Å². The Bertz CT molecular complexity index is 3270. The van der Waals surface area contributed by atoms with Crippen LogP contribution in [-0.4, -0.2) is 83.6 Å². The highest BCUT2D eigenvalue weighted by Gasteiger charge is 2.65. The zero-order valence-corrected chi connectivity index (χ0v) is 57.4. The van der Waals surface area contributed by atoms with Crippen LogP contribution < -0.4 is 14.2 Å². The lowest BCUT2D eigenvalue weighted by molar-refractivity contribution is -0.169. The van der Waals surface area contributed by atoms with Gasteiger partial charge in [-0.2, -0.15) is 0 Å². The van der Waals surface area contributed by atoms with Crippen LogP contribution in [0.4, 0.5) is 8.78 Å². The van der Waals surface area contributed by atoms with Crippen molar-refractivity contribution in [3.8, 4) is 23.0 Å². The van der Waals surface area contributed by atoms with Crippen molar-refractivity contribution in [2.45, 2.75) is 217 Å². The Kier molecular flexibility index (Phi) is 24.5. The molecule has 5 aromatic carbocycles. The topological polar surface area (TPSA) is 201 Å². The highest BCUT2D eigenvalue weighted by atomic mass is 32.2. The second kappa shape index (κ2) is 30.8. The van der Waals surface area contributed by atoms with E-state index < -0.39 is 56.7 Å². The Morgan fingerprint density at radius 1 is 0.620 bits per heavy atom. The summed E-state index contributed by atoms with van der Waals surface area (Å²) in [6.07, 6.45) is 9.33. The van der Waals surface area contributed by atoms with Crippen molar-refractivity contribution in [3.63, 3.8) is 0 Å². The van der Waals surface area contributed by atoms with Crippen molar-refractivity contribution in [2.24, 2.45) is 45.8 Å². The molecule has 18 heteroatoms. The summed E-state index contributed by atoms with van der Waals surface area (Å²) in [4.78, 5) is 51.3.